The molecule has 13 heteroatoms. The third kappa shape index (κ3) is 7.76. The van der Waals surface area contributed by atoms with E-state index in [1.54, 1.807) is 37.3 Å². The van der Waals surface area contributed by atoms with Crippen molar-refractivity contribution in [1.82, 2.24) is 4.90 Å². The van der Waals surface area contributed by atoms with Crippen LogP contribution in [0.5, 0.6) is 5.75 Å². The van der Waals surface area contributed by atoms with Crippen molar-refractivity contribution in [3.8, 4) is 5.75 Å². The Morgan fingerprint density at radius 2 is 1.75 bits per heavy atom. The van der Waals surface area contributed by atoms with Crippen LogP contribution in [0.4, 0.5) is 5.69 Å². The molecular formula is C44H51ClN3O8S-. The Labute approximate surface area is 341 Å². The fraction of sp³-hybridized carbons (Fsp3) is 0.523. The number of anilines is 1. The second kappa shape index (κ2) is 16.4. The number of carbonyl (C=O) groups excluding carboxylic acids is 3. The van der Waals surface area contributed by atoms with Crippen molar-refractivity contribution < 1.29 is 37.4 Å². The van der Waals surface area contributed by atoms with Crippen LogP contribution < -0.4 is 15.4 Å². The molecule has 2 N–H and O–H groups in total. The van der Waals surface area contributed by atoms with Crippen LogP contribution in [0.15, 0.2) is 60.7 Å². The maximum atomic E-state index is 13.3. The van der Waals surface area contributed by atoms with Gasteiger partial charge in [0.1, 0.15) is 5.75 Å². The van der Waals surface area contributed by atoms with Crippen LogP contribution in [0.2, 0.25) is 5.02 Å². The molecule has 3 heterocycles. The fourth-order valence-electron chi connectivity index (χ4n) is 10.0. The Hall–Kier alpha value is -3.81. The van der Waals surface area contributed by atoms with Crippen LogP contribution in [0, 0.1) is 23.7 Å². The number of halogens is 1. The highest BCUT2D eigenvalue weighted by Crippen LogP contribution is 2.49. The molecule has 0 aromatic heterocycles. The van der Waals surface area contributed by atoms with Crippen LogP contribution in [-0.4, -0.2) is 81.9 Å². The zero-order valence-electron chi connectivity index (χ0n) is 32.5. The number of amides is 3. The Balaban J connectivity index is 1.04. The molecule has 0 radical (unpaired) electrons. The largest absolute Gasteiger partial charge is 0.772 e. The van der Waals surface area contributed by atoms with Gasteiger partial charge in [-0.1, -0.05) is 61.1 Å². The minimum Gasteiger partial charge on any atom is -0.772 e. The Kier molecular flexibility index (Phi) is 11.5. The third-order valence-corrected chi connectivity index (χ3v) is 14.9. The van der Waals surface area contributed by atoms with E-state index in [4.69, 9.17) is 31.5 Å². The highest BCUT2D eigenvalue weighted by Gasteiger charge is 2.48. The van der Waals surface area contributed by atoms with Crippen molar-refractivity contribution in [2.45, 2.75) is 88.2 Å². The first-order chi connectivity index (χ1) is 27.4. The highest BCUT2D eigenvalue weighted by molar-refractivity contribution is 7.79. The van der Waals surface area contributed by atoms with Gasteiger partial charge in [0.2, 0.25) is 5.91 Å². The lowest BCUT2D eigenvalue weighted by atomic mass is 9.64. The molecule has 11 nitrogen and oxygen atoms in total. The molecule has 2 aliphatic carbocycles. The SMILES string of the molecule is C[C@H]([C@@H](C)CCC[C@H](C1OCC(N2C(=O)c3ccccc3C2=O)CO1)[C@@H]1CC[C@H]1CN1C[C@@]2(CCCc3cc(Cl)ccc32)COc2ccc(C(N)=O)cc21)S(=O)[O-]. The maximum Gasteiger partial charge on any atom is 0.261 e. The molecule has 304 valence electrons. The molecule has 1 spiro atoms. The second-order valence-corrected chi connectivity index (χ2v) is 18.6. The van der Waals surface area contributed by atoms with Crippen LogP contribution in [0.25, 0.3) is 0 Å². The summed E-state index contributed by atoms with van der Waals surface area (Å²) in [5.41, 5.74) is 10.1. The quantitative estimate of drug-likeness (QED) is 0.156. The van der Waals surface area contributed by atoms with Gasteiger partial charge in [-0.05, 0) is 116 Å². The number of carbonyl (C=O) groups is 3. The van der Waals surface area contributed by atoms with Crippen molar-refractivity contribution in [3.05, 3.63) is 93.5 Å². The summed E-state index contributed by atoms with van der Waals surface area (Å²) in [6, 6.07) is 18.0. The summed E-state index contributed by atoms with van der Waals surface area (Å²) >= 11 is 4.33. The van der Waals surface area contributed by atoms with E-state index in [0.29, 0.717) is 29.8 Å². The van der Waals surface area contributed by atoms with Gasteiger partial charge in [-0.3, -0.25) is 23.5 Å². The van der Waals surface area contributed by atoms with Crippen molar-refractivity contribution >= 4 is 46.1 Å². The number of hydrogen-bond acceptors (Lipinski definition) is 9. The minimum atomic E-state index is -2.15. The average molecular weight is 817 g/mol. The molecule has 2 fully saturated rings. The number of hydrogen-bond donors (Lipinski definition) is 1. The lowest BCUT2D eigenvalue weighted by Crippen LogP contribution is -2.53. The summed E-state index contributed by atoms with van der Waals surface area (Å²) in [6.07, 6.45) is 6.66. The first-order valence-corrected chi connectivity index (χ1v) is 21.8. The van der Waals surface area contributed by atoms with Crippen molar-refractivity contribution in [2.75, 3.05) is 37.8 Å². The monoisotopic (exact) mass is 816 g/mol. The maximum absolute atomic E-state index is 13.3. The van der Waals surface area contributed by atoms with Gasteiger partial charge in [-0.15, -0.1) is 0 Å². The van der Waals surface area contributed by atoms with Gasteiger partial charge in [0, 0.05) is 40.3 Å². The lowest BCUT2D eigenvalue weighted by Gasteiger charge is -2.49. The smallest absolute Gasteiger partial charge is 0.261 e. The number of benzene rings is 3. The summed E-state index contributed by atoms with van der Waals surface area (Å²) in [5.74, 6) is 0.0479. The zero-order valence-corrected chi connectivity index (χ0v) is 34.1. The first kappa shape index (κ1) is 40.0. The Bertz CT molecular complexity index is 2020. The number of rotatable bonds is 12. The summed E-state index contributed by atoms with van der Waals surface area (Å²) in [5, 5.41) is 0.272. The van der Waals surface area contributed by atoms with E-state index in [0.717, 1.165) is 74.4 Å². The molecule has 3 aromatic carbocycles. The zero-order chi connectivity index (χ0) is 40.0. The van der Waals surface area contributed by atoms with Gasteiger partial charge in [0.05, 0.1) is 42.7 Å². The summed E-state index contributed by atoms with van der Waals surface area (Å²) in [4.78, 5) is 42.7. The topological polar surface area (TPSA) is 152 Å². The van der Waals surface area contributed by atoms with Crippen LogP contribution in [0.1, 0.15) is 101 Å². The normalized spacial score (nSPS) is 27.6. The van der Waals surface area contributed by atoms with Crippen molar-refractivity contribution in [2.24, 2.45) is 29.4 Å². The molecule has 3 aliphatic heterocycles. The molecule has 3 amide bonds. The molecule has 0 bridgehead atoms. The van der Waals surface area contributed by atoms with Gasteiger partial charge < -0.3 is 29.4 Å². The van der Waals surface area contributed by atoms with Gasteiger partial charge >= 0.3 is 0 Å². The van der Waals surface area contributed by atoms with Crippen LogP contribution in [0.3, 0.4) is 0 Å². The van der Waals surface area contributed by atoms with E-state index in [1.807, 2.05) is 25.1 Å². The lowest BCUT2D eigenvalue weighted by molar-refractivity contribution is -0.237. The molecule has 5 aliphatic rings. The molecule has 57 heavy (non-hydrogen) atoms. The summed E-state index contributed by atoms with van der Waals surface area (Å²) < 4.78 is 43.2. The van der Waals surface area contributed by atoms with Gasteiger partial charge in [-0.25, -0.2) is 0 Å². The molecule has 1 saturated carbocycles. The van der Waals surface area contributed by atoms with E-state index >= 15 is 0 Å². The standard InChI is InChI=1S/C44H52ClN3O8S/c1-26(27(2)57(52)53)7-5-11-36(43-54-22-32(23-55-43)48-41(50)34-9-3-4-10-35(34)42(48)51)33-15-12-30(33)21-47-24-44(18-6-8-28-19-31(45)14-16-37(28)44)25-56-39-17-13-29(40(46)49)20-38(39)47/h3-4,9-10,13-14,16-17,19-20,26-27,30,32-33,36,43H,5-8,11-12,15,18,21-25H2,1-2H3,(H2,46,49)(H,52,53)/p-1/t26-,27+,30-,32?,33+,36-,43?,44-/m0/s1. The fourth-order valence-corrected chi connectivity index (χ4v) is 10.7. The van der Waals surface area contributed by atoms with Crippen molar-refractivity contribution in [3.63, 3.8) is 0 Å². The predicted octanol–water partition coefficient (Wildman–Crippen LogP) is 6.67. The number of nitrogens with zero attached hydrogens (tertiary/aromatic N) is 2. The first-order valence-electron chi connectivity index (χ1n) is 20.3. The van der Waals surface area contributed by atoms with Gasteiger partial charge in [0.15, 0.2) is 6.29 Å². The Morgan fingerprint density at radius 3 is 2.42 bits per heavy atom. The highest BCUT2D eigenvalue weighted by atomic mass is 35.5. The predicted molar refractivity (Wildman–Crippen MR) is 216 cm³/mol. The van der Waals surface area contributed by atoms with E-state index in [2.05, 4.69) is 17.0 Å². The van der Waals surface area contributed by atoms with Gasteiger partial charge in [-0.2, -0.15) is 0 Å². The van der Waals surface area contributed by atoms with Crippen molar-refractivity contribution in [1.29, 1.82) is 0 Å². The number of aryl methyl sites for hydroxylation is 1. The molecule has 1 unspecified atom stereocenters. The molecule has 8 rings (SSSR count). The second-order valence-electron chi connectivity index (χ2n) is 16.9. The molecule has 3 aromatic rings. The van der Waals surface area contributed by atoms with Crippen LogP contribution >= 0.6 is 11.6 Å². The van der Waals surface area contributed by atoms with E-state index < -0.39 is 34.6 Å². The van der Waals surface area contributed by atoms with E-state index in [1.165, 1.54) is 16.0 Å². The van der Waals surface area contributed by atoms with Crippen LogP contribution in [-0.2, 0) is 32.4 Å². The number of imide groups is 1. The molecular weight excluding hydrogens is 766 g/mol. The van der Waals surface area contributed by atoms with E-state index in [-0.39, 0.29) is 54.1 Å². The van der Waals surface area contributed by atoms with E-state index in [9.17, 15) is 23.1 Å². The average Bonchev–Trinajstić information content (AvgIpc) is 3.35. The number of nitrogens with two attached hydrogens (primary N) is 1. The molecule has 7 atom stereocenters. The number of ether oxygens (including phenoxy) is 3. The number of primary amides is 1. The number of fused-ring (bicyclic) bond motifs is 4. The summed E-state index contributed by atoms with van der Waals surface area (Å²) in [7, 11) is 0. The minimum absolute atomic E-state index is 0.00158. The third-order valence-electron chi connectivity index (χ3n) is 13.6. The summed E-state index contributed by atoms with van der Waals surface area (Å²) in [6.45, 7) is 5.99. The Morgan fingerprint density at radius 1 is 1.02 bits per heavy atom. The van der Waals surface area contributed by atoms with Gasteiger partial charge in [0.25, 0.3) is 11.8 Å². The molecule has 1 saturated heterocycles.